The Balaban J connectivity index is 2.04. The number of piperazine rings is 1. The van der Waals surface area contributed by atoms with E-state index in [1.807, 2.05) is 4.90 Å². The van der Waals surface area contributed by atoms with Crippen LogP contribution in [0.4, 0.5) is 0 Å². The molecule has 2 rings (SSSR count). The Morgan fingerprint density at radius 3 is 3.21 bits per heavy atom. The topological polar surface area (TPSA) is 61.0 Å². The van der Waals surface area contributed by atoms with Crippen molar-refractivity contribution in [2.75, 3.05) is 19.6 Å². The third-order valence-corrected chi connectivity index (χ3v) is 2.38. The lowest BCUT2D eigenvalue weighted by atomic mass is 10.2. The number of carbonyl (C=O) groups is 1. The molecule has 1 amide bonds. The van der Waals surface area contributed by atoms with Crippen molar-refractivity contribution in [3.63, 3.8) is 0 Å². The van der Waals surface area contributed by atoms with Crippen molar-refractivity contribution in [3.8, 4) is 0 Å². The highest BCUT2D eigenvalue weighted by Crippen LogP contribution is 2.04. The molecule has 0 radical (unpaired) electrons. The second kappa shape index (κ2) is 3.79. The van der Waals surface area contributed by atoms with Gasteiger partial charge in [0.05, 0.1) is 12.5 Å². The third-order valence-electron chi connectivity index (χ3n) is 2.38. The molecule has 2 heterocycles. The summed E-state index contributed by atoms with van der Waals surface area (Å²) in [5.74, 6) is 0.0378. The summed E-state index contributed by atoms with van der Waals surface area (Å²) < 4.78 is 0. The largest absolute Gasteiger partial charge is 0.341 e. The Hall–Kier alpha value is -1.36. The number of rotatable bonds is 1. The molecule has 0 spiro atoms. The number of aromatic nitrogens is 2. The highest BCUT2D eigenvalue weighted by Gasteiger charge is 2.21. The van der Waals surface area contributed by atoms with Crippen LogP contribution in [0.15, 0.2) is 12.5 Å². The van der Waals surface area contributed by atoms with E-state index in [1.54, 1.807) is 6.20 Å². The van der Waals surface area contributed by atoms with Crippen LogP contribution in [-0.4, -0.2) is 46.5 Å². The van der Waals surface area contributed by atoms with Gasteiger partial charge in [0.25, 0.3) is 5.91 Å². The molecule has 0 bridgehead atoms. The molecule has 1 saturated heterocycles. The molecule has 14 heavy (non-hydrogen) atoms. The Kier molecular flexibility index (Phi) is 2.49. The second-order valence-corrected chi connectivity index (χ2v) is 3.57. The summed E-state index contributed by atoms with van der Waals surface area (Å²) in [5.41, 5.74) is 0.569. The van der Waals surface area contributed by atoms with E-state index >= 15 is 0 Å². The first kappa shape index (κ1) is 9.21. The van der Waals surface area contributed by atoms with Crippen molar-refractivity contribution in [2.45, 2.75) is 13.0 Å². The molecule has 1 aromatic heterocycles. The van der Waals surface area contributed by atoms with Gasteiger partial charge in [0.1, 0.15) is 5.69 Å². The maximum atomic E-state index is 11.8. The molecule has 76 valence electrons. The van der Waals surface area contributed by atoms with Crippen LogP contribution in [0.25, 0.3) is 0 Å². The summed E-state index contributed by atoms with van der Waals surface area (Å²) in [6.45, 7) is 4.47. The number of nitrogens with zero attached hydrogens (tertiary/aromatic N) is 2. The van der Waals surface area contributed by atoms with Crippen molar-refractivity contribution in [2.24, 2.45) is 0 Å². The van der Waals surface area contributed by atoms with Crippen LogP contribution in [0.1, 0.15) is 17.4 Å². The average molecular weight is 194 g/mol. The predicted molar refractivity (Wildman–Crippen MR) is 52.0 cm³/mol. The summed E-state index contributed by atoms with van der Waals surface area (Å²) in [7, 11) is 0. The van der Waals surface area contributed by atoms with Gasteiger partial charge in [0.15, 0.2) is 0 Å². The maximum Gasteiger partial charge on any atom is 0.272 e. The second-order valence-electron chi connectivity index (χ2n) is 3.57. The molecule has 2 N–H and O–H groups in total. The van der Waals surface area contributed by atoms with E-state index < -0.39 is 0 Å². The molecule has 1 aliphatic heterocycles. The zero-order valence-electron chi connectivity index (χ0n) is 8.16. The average Bonchev–Trinajstić information content (AvgIpc) is 2.69. The first-order chi connectivity index (χ1) is 6.77. The van der Waals surface area contributed by atoms with Crippen molar-refractivity contribution < 1.29 is 4.79 Å². The zero-order chi connectivity index (χ0) is 9.97. The summed E-state index contributed by atoms with van der Waals surface area (Å²) in [6.07, 6.45) is 3.09. The highest BCUT2D eigenvalue weighted by molar-refractivity contribution is 5.92. The van der Waals surface area contributed by atoms with E-state index in [1.165, 1.54) is 6.33 Å². The lowest BCUT2D eigenvalue weighted by Crippen LogP contribution is -2.51. The van der Waals surface area contributed by atoms with Crippen LogP contribution in [-0.2, 0) is 0 Å². The Morgan fingerprint density at radius 2 is 2.57 bits per heavy atom. The van der Waals surface area contributed by atoms with E-state index in [-0.39, 0.29) is 5.91 Å². The van der Waals surface area contributed by atoms with Gasteiger partial charge in [0.2, 0.25) is 0 Å². The minimum Gasteiger partial charge on any atom is -0.341 e. The molecule has 5 heteroatoms. The number of nitrogens with one attached hydrogen (secondary N) is 2. The van der Waals surface area contributed by atoms with Gasteiger partial charge in [-0.05, 0) is 6.92 Å². The van der Waals surface area contributed by atoms with Gasteiger partial charge in [-0.25, -0.2) is 4.98 Å². The van der Waals surface area contributed by atoms with Crippen molar-refractivity contribution in [3.05, 3.63) is 18.2 Å². The first-order valence-electron chi connectivity index (χ1n) is 4.78. The number of aromatic amines is 1. The fourth-order valence-electron chi connectivity index (χ4n) is 1.66. The van der Waals surface area contributed by atoms with Gasteiger partial charge in [-0.15, -0.1) is 0 Å². The molecular weight excluding hydrogens is 180 g/mol. The molecular formula is C9H14N4O. The van der Waals surface area contributed by atoms with E-state index in [0.717, 1.165) is 19.6 Å². The Bertz CT molecular complexity index is 309. The van der Waals surface area contributed by atoms with E-state index in [9.17, 15) is 4.79 Å². The Morgan fingerprint density at radius 1 is 1.71 bits per heavy atom. The smallest absolute Gasteiger partial charge is 0.272 e. The van der Waals surface area contributed by atoms with Gasteiger partial charge < -0.3 is 15.2 Å². The molecule has 0 unspecified atom stereocenters. The van der Waals surface area contributed by atoms with Gasteiger partial charge in [-0.2, -0.15) is 0 Å². The third kappa shape index (κ3) is 1.77. The van der Waals surface area contributed by atoms with Gasteiger partial charge in [0, 0.05) is 25.7 Å². The van der Waals surface area contributed by atoms with Crippen LogP contribution in [0.5, 0.6) is 0 Å². The van der Waals surface area contributed by atoms with Crippen LogP contribution in [0.3, 0.4) is 0 Å². The minimum absolute atomic E-state index is 0.0378. The number of amides is 1. The van der Waals surface area contributed by atoms with Crippen LogP contribution in [0, 0.1) is 0 Å². The van der Waals surface area contributed by atoms with Gasteiger partial charge >= 0.3 is 0 Å². The van der Waals surface area contributed by atoms with Crippen LogP contribution >= 0.6 is 0 Å². The molecule has 0 aromatic carbocycles. The monoisotopic (exact) mass is 194 g/mol. The summed E-state index contributed by atoms with van der Waals surface area (Å²) in [5, 5.41) is 3.29. The Labute approximate surface area is 82.5 Å². The summed E-state index contributed by atoms with van der Waals surface area (Å²) in [4.78, 5) is 20.3. The fraction of sp³-hybridized carbons (Fsp3) is 0.556. The van der Waals surface area contributed by atoms with E-state index in [0.29, 0.717) is 11.7 Å². The van der Waals surface area contributed by atoms with Crippen molar-refractivity contribution >= 4 is 5.91 Å². The normalized spacial score (nSPS) is 22.4. The fourth-order valence-corrected chi connectivity index (χ4v) is 1.66. The summed E-state index contributed by atoms with van der Waals surface area (Å²) >= 11 is 0. The molecule has 5 nitrogen and oxygen atoms in total. The van der Waals surface area contributed by atoms with Gasteiger partial charge in [-0.3, -0.25) is 4.79 Å². The number of hydrogen-bond donors (Lipinski definition) is 2. The van der Waals surface area contributed by atoms with E-state index in [2.05, 4.69) is 22.2 Å². The maximum absolute atomic E-state index is 11.8. The minimum atomic E-state index is 0.0378. The van der Waals surface area contributed by atoms with Crippen LogP contribution in [0.2, 0.25) is 0 Å². The predicted octanol–water partition coefficient (Wildman–Crippen LogP) is -0.156. The standard InChI is InChI=1S/C9H14N4O/c1-7-5-13(3-2-11-7)9(14)8-4-10-6-12-8/h4,6-7,11H,2-3,5H2,1H3,(H,10,12)/t7-/m0/s1. The van der Waals surface area contributed by atoms with Crippen molar-refractivity contribution in [1.29, 1.82) is 0 Å². The summed E-state index contributed by atoms with van der Waals surface area (Å²) in [6, 6.07) is 0.371. The SMILES string of the molecule is C[C@H]1CN(C(=O)c2cnc[nH]2)CCN1. The molecule has 1 fully saturated rings. The lowest BCUT2D eigenvalue weighted by Gasteiger charge is -2.31. The zero-order valence-corrected chi connectivity index (χ0v) is 8.16. The van der Waals surface area contributed by atoms with Gasteiger partial charge in [-0.1, -0.05) is 0 Å². The molecule has 1 aromatic rings. The molecule has 1 aliphatic rings. The van der Waals surface area contributed by atoms with Crippen LogP contribution < -0.4 is 5.32 Å². The highest BCUT2D eigenvalue weighted by atomic mass is 16.2. The number of hydrogen-bond acceptors (Lipinski definition) is 3. The quantitative estimate of drug-likeness (QED) is 0.653. The first-order valence-corrected chi connectivity index (χ1v) is 4.78. The van der Waals surface area contributed by atoms with Crippen molar-refractivity contribution in [1.82, 2.24) is 20.2 Å². The number of carbonyl (C=O) groups excluding carboxylic acids is 1. The van der Waals surface area contributed by atoms with E-state index in [4.69, 9.17) is 0 Å². The lowest BCUT2D eigenvalue weighted by molar-refractivity contribution is 0.0704. The molecule has 1 atom stereocenters. The molecule has 0 saturated carbocycles. The molecule has 0 aliphatic carbocycles. The number of H-pyrrole nitrogens is 1. The number of imidazole rings is 1.